The van der Waals surface area contributed by atoms with Crippen LogP contribution in [-0.4, -0.2) is 23.9 Å². The van der Waals surface area contributed by atoms with Crippen molar-refractivity contribution in [2.24, 2.45) is 5.73 Å². The molecular formula is C24H24FN3O3. The van der Waals surface area contributed by atoms with Crippen molar-refractivity contribution in [1.82, 2.24) is 10.2 Å². The third-order valence-electron chi connectivity index (χ3n) is 4.73. The number of para-hydroxylation sites is 1. The Morgan fingerprint density at radius 2 is 1.68 bits per heavy atom. The molecule has 31 heavy (non-hydrogen) atoms. The van der Waals surface area contributed by atoms with Crippen molar-refractivity contribution < 1.29 is 18.7 Å². The molecule has 1 atom stereocenters. The SMILES string of the molecule is CN(Cc1ccccc1F)C(=O)C[C@H](NC(N)=O)c1cccc(Oc2ccccc2)c1. The third kappa shape index (κ3) is 6.30. The fourth-order valence-electron chi connectivity index (χ4n) is 3.14. The first-order valence-electron chi connectivity index (χ1n) is 9.78. The minimum Gasteiger partial charge on any atom is -0.457 e. The number of carbonyl (C=O) groups is 2. The first-order chi connectivity index (χ1) is 14.9. The number of urea groups is 1. The van der Waals surface area contributed by atoms with Crippen LogP contribution in [-0.2, 0) is 11.3 Å². The van der Waals surface area contributed by atoms with Crippen LogP contribution < -0.4 is 15.8 Å². The molecule has 0 aliphatic heterocycles. The van der Waals surface area contributed by atoms with Gasteiger partial charge in [-0.25, -0.2) is 9.18 Å². The molecule has 0 saturated carbocycles. The zero-order valence-corrected chi connectivity index (χ0v) is 17.1. The molecular weight excluding hydrogens is 397 g/mol. The molecule has 0 radical (unpaired) electrons. The summed E-state index contributed by atoms with van der Waals surface area (Å²) in [5, 5.41) is 2.61. The Balaban J connectivity index is 1.74. The highest BCUT2D eigenvalue weighted by Crippen LogP contribution is 2.26. The van der Waals surface area contributed by atoms with E-state index in [1.165, 1.54) is 11.0 Å². The molecule has 0 unspecified atom stereocenters. The second kappa shape index (κ2) is 10.2. The zero-order valence-electron chi connectivity index (χ0n) is 17.1. The van der Waals surface area contributed by atoms with Gasteiger partial charge in [0.2, 0.25) is 5.91 Å². The second-order valence-electron chi connectivity index (χ2n) is 7.09. The minimum absolute atomic E-state index is 0.0390. The highest BCUT2D eigenvalue weighted by Gasteiger charge is 2.21. The number of ether oxygens (including phenoxy) is 1. The van der Waals surface area contributed by atoms with Gasteiger partial charge in [0.25, 0.3) is 0 Å². The van der Waals surface area contributed by atoms with Crippen LogP contribution in [0.4, 0.5) is 9.18 Å². The van der Waals surface area contributed by atoms with Crippen molar-refractivity contribution in [2.75, 3.05) is 7.05 Å². The number of amides is 3. The summed E-state index contributed by atoms with van der Waals surface area (Å²) in [6, 6.07) is 21.2. The quantitative estimate of drug-likeness (QED) is 0.566. The van der Waals surface area contributed by atoms with Crippen molar-refractivity contribution in [3.8, 4) is 11.5 Å². The van der Waals surface area contributed by atoms with Gasteiger partial charge in [0.1, 0.15) is 17.3 Å². The standard InChI is InChI=1S/C24H24FN3O3/c1-28(16-18-8-5-6-13-21(18)25)23(29)15-22(27-24(26)30)17-9-7-12-20(14-17)31-19-10-3-2-4-11-19/h2-14,22H,15-16H2,1H3,(H3,26,27,30)/t22-/m0/s1. The number of rotatable bonds is 8. The Labute approximate surface area is 180 Å². The number of hydrogen-bond donors (Lipinski definition) is 2. The molecule has 3 aromatic carbocycles. The summed E-state index contributed by atoms with van der Waals surface area (Å²) in [6.45, 7) is 0.117. The summed E-state index contributed by atoms with van der Waals surface area (Å²) in [6.07, 6.45) is -0.0390. The number of nitrogens with zero attached hydrogens (tertiary/aromatic N) is 1. The monoisotopic (exact) mass is 421 g/mol. The molecule has 0 bridgehead atoms. The number of nitrogens with two attached hydrogens (primary N) is 1. The van der Waals surface area contributed by atoms with Crippen LogP contribution in [0.1, 0.15) is 23.6 Å². The summed E-state index contributed by atoms with van der Waals surface area (Å²) >= 11 is 0. The van der Waals surface area contributed by atoms with Gasteiger partial charge in [-0.1, -0.05) is 48.5 Å². The predicted molar refractivity (Wildman–Crippen MR) is 116 cm³/mol. The van der Waals surface area contributed by atoms with E-state index in [0.717, 1.165) is 0 Å². The Morgan fingerprint density at radius 1 is 1.00 bits per heavy atom. The van der Waals surface area contributed by atoms with Crippen LogP contribution >= 0.6 is 0 Å². The summed E-state index contributed by atoms with van der Waals surface area (Å²) in [5.41, 5.74) is 6.41. The molecule has 3 aromatic rings. The van der Waals surface area contributed by atoms with Gasteiger partial charge in [-0.15, -0.1) is 0 Å². The maximum atomic E-state index is 13.9. The fraction of sp³-hybridized carbons (Fsp3) is 0.167. The Morgan fingerprint density at radius 3 is 2.39 bits per heavy atom. The second-order valence-corrected chi connectivity index (χ2v) is 7.09. The summed E-state index contributed by atoms with van der Waals surface area (Å²) in [4.78, 5) is 25.7. The van der Waals surface area contributed by atoms with Gasteiger partial charge >= 0.3 is 6.03 Å². The summed E-state index contributed by atoms with van der Waals surface area (Å²) < 4.78 is 19.7. The normalized spacial score (nSPS) is 11.4. The predicted octanol–water partition coefficient (Wildman–Crippen LogP) is 4.38. The maximum absolute atomic E-state index is 13.9. The number of primary amides is 1. The number of hydrogen-bond acceptors (Lipinski definition) is 3. The Kier molecular flexibility index (Phi) is 7.22. The first-order valence-corrected chi connectivity index (χ1v) is 9.78. The van der Waals surface area contributed by atoms with E-state index in [1.54, 1.807) is 49.5 Å². The van der Waals surface area contributed by atoms with E-state index in [9.17, 15) is 14.0 Å². The molecule has 0 heterocycles. The smallest absolute Gasteiger partial charge is 0.312 e. The lowest BCUT2D eigenvalue weighted by molar-refractivity contribution is -0.131. The van der Waals surface area contributed by atoms with E-state index in [4.69, 9.17) is 10.5 Å². The third-order valence-corrected chi connectivity index (χ3v) is 4.73. The van der Waals surface area contributed by atoms with Crippen LogP contribution in [0.3, 0.4) is 0 Å². The first kappa shape index (κ1) is 21.8. The number of halogens is 1. The van der Waals surface area contributed by atoms with Crippen LogP contribution in [0.2, 0.25) is 0 Å². The van der Waals surface area contributed by atoms with E-state index in [-0.39, 0.29) is 24.7 Å². The average Bonchev–Trinajstić information content (AvgIpc) is 2.75. The molecule has 160 valence electrons. The van der Waals surface area contributed by atoms with Gasteiger partial charge in [-0.3, -0.25) is 4.79 Å². The molecule has 0 aliphatic carbocycles. The van der Waals surface area contributed by atoms with Crippen molar-refractivity contribution in [3.63, 3.8) is 0 Å². The van der Waals surface area contributed by atoms with Crippen LogP contribution in [0.15, 0.2) is 78.9 Å². The Hall–Kier alpha value is -3.87. The van der Waals surface area contributed by atoms with Crippen molar-refractivity contribution in [1.29, 1.82) is 0 Å². The van der Waals surface area contributed by atoms with Crippen LogP contribution in [0.25, 0.3) is 0 Å². The number of benzene rings is 3. The molecule has 0 fully saturated rings. The van der Waals surface area contributed by atoms with Crippen LogP contribution in [0.5, 0.6) is 11.5 Å². The highest BCUT2D eigenvalue weighted by molar-refractivity contribution is 5.78. The van der Waals surface area contributed by atoms with Crippen LogP contribution in [0, 0.1) is 5.82 Å². The lowest BCUT2D eigenvalue weighted by Gasteiger charge is -2.23. The zero-order chi connectivity index (χ0) is 22.2. The lowest BCUT2D eigenvalue weighted by atomic mass is 10.0. The summed E-state index contributed by atoms with van der Waals surface area (Å²) in [5.74, 6) is 0.586. The van der Waals surface area contributed by atoms with Gasteiger partial charge in [-0.2, -0.15) is 0 Å². The molecule has 0 saturated heterocycles. The van der Waals surface area contributed by atoms with Crippen molar-refractivity contribution in [3.05, 3.63) is 95.8 Å². The minimum atomic E-state index is -0.746. The number of carbonyl (C=O) groups excluding carboxylic acids is 2. The average molecular weight is 421 g/mol. The van der Waals surface area contributed by atoms with E-state index in [0.29, 0.717) is 22.6 Å². The van der Waals surface area contributed by atoms with E-state index < -0.39 is 12.1 Å². The van der Waals surface area contributed by atoms with E-state index in [1.807, 2.05) is 30.3 Å². The van der Waals surface area contributed by atoms with Gasteiger partial charge in [-0.05, 0) is 35.9 Å². The molecule has 3 N–H and O–H groups in total. The van der Waals surface area contributed by atoms with Crippen molar-refractivity contribution >= 4 is 11.9 Å². The fourth-order valence-corrected chi connectivity index (χ4v) is 3.14. The maximum Gasteiger partial charge on any atom is 0.312 e. The van der Waals surface area contributed by atoms with Gasteiger partial charge < -0.3 is 20.7 Å². The largest absolute Gasteiger partial charge is 0.457 e. The van der Waals surface area contributed by atoms with E-state index in [2.05, 4.69) is 5.32 Å². The highest BCUT2D eigenvalue weighted by atomic mass is 19.1. The van der Waals surface area contributed by atoms with E-state index >= 15 is 0 Å². The molecule has 0 aliphatic rings. The molecule has 0 spiro atoms. The Bertz CT molecular complexity index is 1040. The molecule has 3 rings (SSSR count). The molecule has 7 heteroatoms. The molecule has 0 aromatic heterocycles. The van der Waals surface area contributed by atoms with Gasteiger partial charge in [0, 0.05) is 19.2 Å². The lowest BCUT2D eigenvalue weighted by Crippen LogP contribution is -2.37. The summed E-state index contributed by atoms with van der Waals surface area (Å²) in [7, 11) is 1.59. The van der Waals surface area contributed by atoms with Gasteiger partial charge in [0.05, 0.1) is 12.5 Å². The topological polar surface area (TPSA) is 84.7 Å². The number of nitrogens with one attached hydrogen (secondary N) is 1. The van der Waals surface area contributed by atoms with Crippen molar-refractivity contribution in [2.45, 2.75) is 19.0 Å². The molecule has 3 amide bonds. The van der Waals surface area contributed by atoms with Gasteiger partial charge in [0.15, 0.2) is 0 Å². The molecule has 6 nitrogen and oxygen atoms in total.